The Morgan fingerprint density at radius 2 is 1.42 bits per heavy atom. The molecule has 2 N–H and O–H groups in total. The van der Waals surface area contributed by atoms with Gasteiger partial charge >= 0.3 is 0 Å². The Hall–Kier alpha value is -2.24. The minimum Gasteiger partial charge on any atom is -0.399 e. The Bertz CT molecular complexity index is 755. The highest BCUT2D eigenvalue weighted by Gasteiger charge is 2.24. The van der Waals surface area contributed by atoms with Crippen LogP contribution < -0.4 is 5.73 Å². The number of amides is 2. The molecule has 1 saturated heterocycles. The quantitative estimate of drug-likeness (QED) is 0.815. The maximum absolute atomic E-state index is 12.5. The van der Waals surface area contributed by atoms with Crippen LogP contribution in [0.1, 0.15) is 15.9 Å². The highest BCUT2D eigenvalue weighted by atomic mass is 35.5. The third kappa shape index (κ3) is 4.90. The maximum atomic E-state index is 12.5. The Labute approximate surface area is 164 Å². The smallest absolute Gasteiger partial charge is 0.253 e. The molecule has 2 aromatic rings. The second-order valence-corrected chi connectivity index (χ2v) is 6.53. The molecule has 1 aliphatic rings. The molecule has 1 heterocycles. The van der Waals surface area contributed by atoms with E-state index in [1.165, 1.54) is 0 Å². The third-order valence-electron chi connectivity index (χ3n) is 4.35. The lowest BCUT2D eigenvalue weighted by Crippen LogP contribution is -2.51. The number of halogens is 2. The van der Waals surface area contributed by atoms with E-state index in [1.807, 2.05) is 12.1 Å². The van der Waals surface area contributed by atoms with Gasteiger partial charge in [0.2, 0.25) is 5.91 Å². The fourth-order valence-corrected chi connectivity index (χ4v) is 2.98. The number of hydrogen-bond donors (Lipinski definition) is 1. The maximum Gasteiger partial charge on any atom is 0.253 e. The van der Waals surface area contributed by atoms with Gasteiger partial charge in [0, 0.05) is 42.5 Å². The molecule has 5 nitrogen and oxygen atoms in total. The topological polar surface area (TPSA) is 66.6 Å². The zero-order chi connectivity index (χ0) is 17.8. The van der Waals surface area contributed by atoms with Gasteiger partial charge in [0.1, 0.15) is 0 Å². The van der Waals surface area contributed by atoms with Crippen LogP contribution in [0.5, 0.6) is 0 Å². The Kier molecular flexibility index (Phi) is 6.89. The zero-order valence-corrected chi connectivity index (χ0v) is 15.8. The first kappa shape index (κ1) is 20.1. The van der Waals surface area contributed by atoms with Gasteiger partial charge in [-0.25, -0.2) is 0 Å². The Morgan fingerprint density at radius 1 is 0.885 bits per heavy atom. The van der Waals surface area contributed by atoms with Gasteiger partial charge in [-0.1, -0.05) is 23.7 Å². The van der Waals surface area contributed by atoms with Crippen molar-refractivity contribution in [2.75, 3.05) is 31.9 Å². The van der Waals surface area contributed by atoms with Crippen LogP contribution in [0.3, 0.4) is 0 Å². The molecule has 1 fully saturated rings. The molecule has 2 amide bonds. The summed E-state index contributed by atoms with van der Waals surface area (Å²) in [6.45, 7) is 2.17. The van der Waals surface area contributed by atoms with Gasteiger partial charge in [-0.3, -0.25) is 9.59 Å². The van der Waals surface area contributed by atoms with E-state index in [1.54, 1.807) is 46.2 Å². The number of anilines is 1. The number of hydrogen-bond acceptors (Lipinski definition) is 3. The van der Waals surface area contributed by atoms with Crippen LogP contribution in [0, 0.1) is 0 Å². The zero-order valence-electron chi connectivity index (χ0n) is 14.2. The molecule has 0 saturated carbocycles. The van der Waals surface area contributed by atoms with Crippen LogP contribution in [0.4, 0.5) is 5.69 Å². The lowest BCUT2D eigenvalue weighted by molar-refractivity contribution is -0.131. The van der Waals surface area contributed by atoms with E-state index in [9.17, 15) is 9.59 Å². The molecule has 0 atom stereocenters. The van der Waals surface area contributed by atoms with Crippen molar-refractivity contribution in [3.8, 4) is 0 Å². The summed E-state index contributed by atoms with van der Waals surface area (Å²) in [6.07, 6.45) is 0.350. The molecule has 0 bridgehead atoms. The average Bonchev–Trinajstić information content (AvgIpc) is 2.64. The van der Waals surface area contributed by atoms with Gasteiger partial charge in [-0.2, -0.15) is 0 Å². The van der Waals surface area contributed by atoms with E-state index in [4.69, 9.17) is 17.3 Å². The fraction of sp³-hybridized carbons (Fsp3) is 0.263. The summed E-state index contributed by atoms with van der Waals surface area (Å²) in [5.41, 5.74) is 7.85. The number of benzene rings is 2. The Morgan fingerprint density at radius 3 is 2.00 bits per heavy atom. The third-order valence-corrected chi connectivity index (χ3v) is 4.60. The van der Waals surface area contributed by atoms with Crippen LogP contribution in [-0.2, 0) is 11.2 Å². The summed E-state index contributed by atoms with van der Waals surface area (Å²) < 4.78 is 0. The first-order chi connectivity index (χ1) is 12.0. The molecular formula is C19H21Cl2N3O2. The standard InChI is InChI=1S/C19H20ClN3O2.ClH/c20-16-5-1-14(2-6-16)13-18(24)22-9-11-23(12-10-22)19(25)15-3-7-17(21)8-4-15;/h1-8H,9-13,21H2;1H. The molecule has 0 aromatic heterocycles. The molecule has 2 aromatic carbocycles. The predicted molar refractivity (Wildman–Crippen MR) is 106 cm³/mol. The molecule has 0 spiro atoms. The van der Waals surface area contributed by atoms with Crippen molar-refractivity contribution in [3.05, 3.63) is 64.7 Å². The summed E-state index contributed by atoms with van der Waals surface area (Å²) in [5.74, 6) is 0.0479. The van der Waals surface area contributed by atoms with E-state index < -0.39 is 0 Å². The van der Waals surface area contributed by atoms with Gasteiger partial charge in [-0.15, -0.1) is 12.4 Å². The highest BCUT2D eigenvalue weighted by Crippen LogP contribution is 2.14. The minimum absolute atomic E-state index is 0. The SMILES string of the molecule is Cl.Nc1ccc(C(=O)N2CCN(C(=O)Cc3ccc(Cl)cc3)CC2)cc1. The lowest BCUT2D eigenvalue weighted by Gasteiger charge is -2.35. The molecule has 138 valence electrons. The van der Waals surface area contributed by atoms with E-state index in [2.05, 4.69) is 0 Å². The van der Waals surface area contributed by atoms with E-state index >= 15 is 0 Å². The van der Waals surface area contributed by atoms with Crippen molar-refractivity contribution in [3.63, 3.8) is 0 Å². The molecule has 0 unspecified atom stereocenters. The van der Waals surface area contributed by atoms with Gasteiger partial charge in [0.15, 0.2) is 0 Å². The van der Waals surface area contributed by atoms with Crippen molar-refractivity contribution >= 4 is 41.5 Å². The first-order valence-electron chi connectivity index (χ1n) is 8.20. The predicted octanol–water partition coefficient (Wildman–Crippen LogP) is 2.87. The van der Waals surface area contributed by atoms with Crippen LogP contribution in [-0.4, -0.2) is 47.8 Å². The van der Waals surface area contributed by atoms with E-state index in [0.717, 1.165) is 5.56 Å². The molecular weight excluding hydrogens is 373 g/mol. The fourth-order valence-electron chi connectivity index (χ4n) is 2.86. The van der Waals surface area contributed by atoms with Crippen molar-refractivity contribution in [2.24, 2.45) is 0 Å². The average molecular weight is 394 g/mol. The van der Waals surface area contributed by atoms with Crippen LogP contribution in [0.2, 0.25) is 5.02 Å². The Balaban J connectivity index is 0.00000243. The summed E-state index contributed by atoms with van der Waals surface area (Å²) in [4.78, 5) is 28.5. The number of carbonyl (C=O) groups is 2. The van der Waals surface area contributed by atoms with Gasteiger partial charge in [-0.05, 0) is 42.0 Å². The first-order valence-corrected chi connectivity index (χ1v) is 8.58. The second-order valence-electron chi connectivity index (χ2n) is 6.10. The lowest BCUT2D eigenvalue weighted by atomic mass is 10.1. The number of nitrogens with zero attached hydrogens (tertiary/aromatic N) is 2. The van der Waals surface area contributed by atoms with Crippen LogP contribution in [0.15, 0.2) is 48.5 Å². The van der Waals surface area contributed by atoms with Gasteiger partial charge in [0.25, 0.3) is 5.91 Å². The van der Waals surface area contributed by atoms with E-state index in [-0.39, 0.29) is 24.2 Å². The van der Waals surface area contributed by atoms with Crippen molar-refractivity contribution in [2.45, 2.75) is 6.42 Å². The summed E-state index contributed by atoms with van der Waals surface area (Å²) in [6, 6.07) is 14.2. The van der Waals surface area contributed by atoms with Crippen LogP contribution in [0.25, 0.3) is 0 Å². The number of nitrogen functional groups attached to an aromatic ring is 1. The van der Waals surface area contributed by atoms with Crippen LogP contribution >= 0.6 is 24.0 Å². The molecule has 26 heavy (non-hydrogen) atoms. The summed E-state index contributed by atoms with van der Waals surface area (Å²) in [5, 5.41) is 0.658. The monoisotopic (exact) mass is 393 g/mol. The van der Waals surface area contributed by atoms with Crippen molar-refractivity contribution in [1.29, 1.82) is 0 Å². The number of nitrogens with two attached hydrogens (primary N) is 1. The van der Waals surface area contributed by atoms with Crippen molar-refractivity contribution < 1.29 is 9.59 Å². The summed E-state index contributed by atoms with van der Waals surface area (Å²) in [7, 11) is 0. The largest absolute Gasteiger partial charge is 0.399 e. The molecule has 0 radical (unpaired) electrons. The van der Waals surface area contributed by atoms with Crippen molar-refractivity contribution in [1.82, 2.24) is 9.80 Å². The normalized spacial score (nSPS) is 13.9. The molecule has 7 heteroatoms. The summed E-state index contributed by atoms with van der Waals surface area (Å²) >= 11 is 5.86. The second kappa shape index (κ2) is 8.92. The minimum atomic E-state index is -0.0233. The number of rotatable bonds is 3. The molecule has 1 aliphatic heterocycles. The highest BCUT2D eigenvalue weighted by molar-refractivity contribution is 6.30. The molecule has 3 rings (SSSR count). The number of carbonyl (C=O) groups excluding carboxylic acids is 2. The van der Waals surface area contributed by atoms with Gasteiger partial charge in [0.05, 0.1) is 6.42 Å². The van der Waals surface area contributed by atoms with E-state index in [0.29, 0.717) is 48.9 Å². The number of piperazine rings is 1. The molecule has 0 aliphatic carbocycles. The van der Waals surface area contributed by atoms with Gasteiger partial charge < -0.3 is 15.5 Å².